The normalized spacial score (nSPS) is 11.7. The van der Waals surface area contributed by atoms with Crippen molar-refractivity contribution in [3.63, 3.8) is 0 Å². The summed E-state index contributed by atoms with van der Waals surface area (Å²) in [6, 6.07) is 24.6. The SMILES string of the molecule is CCC(=O)OC(C)c1ccc(-c2ccc(OCc3ccc(C)cc3)cc2)cc1. The van der Waals surface area contributed by atoms with E-state index in [1.54, 1.807) is 6.92 Å². The van der Waals surface area contributed by atoms with E-state index in [0.717, 1.165) is 28.0 Å². The molecule has 0 bridgehead atoms. The number of rotatable bonds is 7. The van der Waals surface area contributed by atoms with Gasteiger partial charge in [0.2, 0.25) is 0 Å². The molecule has 0 N–H and O–H groups in total. The summed E-state index contributed by atoms with van der Waals surface area (Å²) in [7, 11) is 0. The number of benzene rings is 3. The number of hydrogen-bond donors (Lipinski definition) is 0. The van der Waals surface area contributed by atoms with Crippen LogP contribution in [-0.2, 0) is 16.1 Å². The van der Waals surface area contributed by atoms with Crippen molar-refractivity contribution in [1.82, 2.24) is 0 Å². The molecule has 0 heterocycles. The van der Waals surface area contributed by atoms with Gasteiger partial charge in [0.05, 0.1) is 0 Å². The van der Waals surface area contributed by atoms with Crippen molar-refractivity contribution >= 4 is 5.97 Å². The summed E-state index contributed by atoms with van der Waals surface area (Å²) in [6.45, 7) is 6.33. The van der Waals surface area contributed by atoms with E-state index in [-0.39, 0.29) is 12.1 Å². The molecule has 0 radical (unpaired) electrons. The van der Waals surface area contributed by atoms with E-state index in [1.807, 2.05) is 43.3 Å². The van der Waals surface area contributed by atoms with Crippen molar-refractivity contribution in [3.8, 4) is 16.9 Å². The summed E-state index contributed by atoms with van der Waals surface area (Å²) in [6.07, 6.45) is 0.153. The van der Waals surface area contributed by atoms with E-state index in [2.05, 4.69) is 43.3 Å². The van der Waals surface area contributed by atoms with Crippen LogP contribution in [0.15, 0.2) is 72.8 Å². The highest BCUT2D eigenvalue weighted by Crippen LogP contribution is 2.25. The molecule has 0 aromatic heterocycles. The number of aryl methyl sites for hydroxylation is 1. The predicted octanol–water partition coefficient (Wildman–Crippen LogP) is 6.26. The van der Waals surface area contributed by atoms with Crippen LogP contribution in [0.3, 0.4) is 0 Å². The van der Waals surface area contributed by atoms with E-state index in [1.165, 1.54) is 5.56 Å². The number of carbonyl (C=O) groups is 1. The van der Waals surface area contributed by atoms with Gasteiger partial charge in [0.25, 0.3) is 0 Å². The van der Waals surface area contributed by atoms with Crippen LogP contribution >= 0.6 is 0 Å². The van der Waals surface area contributed by atoms with Crippen LogP contribution in [0.25, 0.3) is 11.1 Å². The molecule has 3 aromatic rings. The minimum absolute atomic E-state index is 0.183. The van der Waals surface area contributed by atoms with Gasteiger partial charge in [-0.3, -0.25) is 4.79 Å². The third-order valence-corrected chi connectivity index (χ3v) is 4.69. The Balaban J connectivity index is 1.61. The zero-order valence-electron chi connectivity index (χ0n) is 16.6. The standard InChI is InChI=1S/C25H26O3/c1-4-25(26)28-19(3)21-9-11-22(12-10-21)23-13-15-24(16-14-23)27-17-20-7-5-18(2)6-8-20/h5-16,19H,4,17H2,1-3H3. The van der Waals surface area contributed by atoms with Crippen LogP contribution in [0, 0.1) is 6.92 Å². The van der Waals surface area contributed by atoms with Gasteiger partial charge in [-0.05, 0) is 48.2 Å². The number of carbonyl (C=O) groups excluding carboxylic acids is 1. The average Bonchev–Trinajstić information content (AvgIpc) is 2.73. The lowest BCUT2D eigenvalue weighted by molar-refractivity contribution is -0.148. The van der Waals surface area contributed by atoms with Gasteiger partial charge in [-0.15, -0.1) is 0 Å². The highest BCUT2D eigenvalue weighted by Gasteiger charge is 2.10. The molecule has 144 valence electrons. The predicted molar refractivity (Wildman–Crippen MR) is 112 cm³/mol. The second-order valence-electron chi connectivity index (χ2n) is 6.91. The van der Waals surface area contributed by atoms with Crippen LogP contribution in [0.4, 0.5) is 0 Å². The van der Waals surface area contributed by atoms with E-state index in [9.17, 15) is 4.79 Å². The Bertz CT molecular complexity index is 894. The maximum Gasteiger partial charge on any atom is 0.306 e. The Kier molecular flexibility index (Phi) is 6.49. The van der Waals surface area contributed by atoms with E-state index in [0.29, 0.717) is 13.0 Å². The van der Waals surface area contributed by atoms with Gasteiger partial charge < -0.3 is 9.47 Å². The van der Waals surface area contributed by atoms with Crippen LogP contribution in [0.1, 0.15) is 43.1 Å². The second kappa shape index (κ2) is 9.23. The lowest BCUT2D eigenvalue weighted by atomic mass is 10.0. The molecule has 3 aromatic carbocycles. The molecule has 3 heteroatoms. The lowest BCUT2D eigenvalue weighted by Crippen LogP contribution is -2.07. The van der Waals surface area contributed by atoms with Gasteiger partial charge in [0.1, 0.15) is 18.5 Å². The summed E-state index contributed by atoms with van der Waals surface area (Å²) in [5.74, 6) is 0.666. The van der Waals surface area contributed by atoms with Crippen molar-refractivity contribution in [2.75, 3.05) is 0 Å². The third kappa shape index (κ3) is 5.23. The number of hydrogen-bond acceptors (Lipinski definition) is 3. The minimum atomic E-state index is -0.237. The molecule has 0 amide bonds. The first-order valence-corrected chi connectivity index (χ1v) is 9.63. The zero-order chi connectivity index (χ0) is 19.9. The summed E-state index contributed by atoms with van der Waals surface area (Å²) in [5.41, 5.74) is 5.62. The molecular weight excluding hydrogens is 348 g/mol. The summed E-state index contributed by atoms with van der Waals surface area (Å²) in [5, 5.41) is 0. The van der Waals surface area contributed by atoms with Gasteiger partial charge in [-0.2, -0.15) is 0 Å². The molecule has 0 saturated carbocycles. The van der Waals surface area contributed by atoms with Gasteiger partial charge in [0, 0.05) is 6.42 Å². The maximum absolute atomic E-state index is 11.4. The highest BCUT2D eigenvalue weighted by molar-refractivity contribution is 5.69. The number of esters is 1. The van der Waals surface area contributed by atoms with Gasteiger partial charge in [-0.25, -0.2) is 0 Å². The average molecular weight is 374 g/mol. The summed E-state index contributed by atoms with van der Waals surface area (Å²) >= 11 is 0. The summed E-state index contributed by atoms with van der Waals surface area (Å²) < 4.78 is 11.2. The molecule has 1 atom stereocenters. The molecule has 0 fully saturated rings. The van der Waals surface area contributed by atoms with E-state index < -0.39 is 0 Å². The lowest BCUT2D eigenvalue weighted by Gasteiger charge is -2.13. The van der Waals surface area contributed by atoms with Crippen LogP contribution in [0.2, 0.25) is 0 Å². The smallest absolute Gasteiger partial charge is 0.306 e. The Hall–Kier alpha value is -3.07. The topological polar surface area (TPSA) is 35.5 Å². The van der Waals surface area contributed by atoms with Crippen molar-refractivity contribution < 1.29 is 14.3 Å². The fourth-order valence-corrected chi connectivity index (χ4v) is 2.89. The third-order valence-electron chi connectivity index (χ3n) is 4.69. The molecule has 0 aliphatic carbocycles. The van der Waals surface area contributed by atoms with Crippen molar-refractivity contribution in [1.29, 1.82) is 0 Å². The highest BCUT2D eigenvalue weighted by atomic mass is 16.5. The first-order valence-electron chi connectivity index (χ1n) is 9.63. The van der Waals surface area contributed by atoms with Crippen molar-refractivity contribution in [3.05, 3.63) is 89.5 Å². The molecule has 0 spiro atoms. The molecule has 0 aliphatic heterocycles. The monoisotopic (exact) mass is 374 g/mol. The molecule has 0 saturated heterocycles. The minimum Gasteiger partial charge on any atom is -0.489 e. The Morgan fingerprint density at radius 1 is 0.857 bits per heavy atom. The van der Waals surface area contributed by atoms with Gasteiger partial charge >= 0.3 is 5.97 Å². The first kappa shape index (κ1) is 19.7. The molecule has 1 unspecified atom stereocenters. The van der Waals surface area contributed by atoms with Crippen LogP contribution < -0.4 is 4.74 Å². The van der Waals surface area contributed by atoms with Crippen LogP contribution in [0.5, 0.6) is 5.75 Å². The Labute approximate surface area is 166 Å². The van der Waals surface area contributed by atoms with Gasteiger partial charge in [0.15, 0.2) is 0 Å². The molecule has 3 nitrogen and oxygen atoms in total. The van der Waals surface area contributed by atoms with Crippen molar-refractivity contribution in [2.45, 2.75) is 39.9 Å². The first-order chi connectivity index (χ1) is 13.5. The second-order valence-corrected chi connectivity index (χ2v) is 6.91. The molecule has 28 heavy (non-hydrogen) atoms. The number of ether oxygens (including phenoxy) is 2. The van der Waals surface area contributed by atoms with Crippen LogP contribution in [-0.4, -0.2) is 5.97 Å². The quantitative estimate of drug-likeness (QED) is 0.458. The molecule has 3 rings (SSSR count). The van der Waals surface area contributed by atoms with E-state index >= 15 is 0 Å². The Morgan fingerprint density at radius 3 is 2.00 bits per heavy atom. The molecule has 0 aliphatic rings. The zero-order valence-corrected chi connectivity index (χ0v) is 16.6. The largest absolute Gasteiger partial charge is 0.489 e. The summed E-state index contributed by atoms with van der Waals surface area (Å²) in [4.78, 5) is 11.4. The Morgan fingerprint density at radius 2 is 1.43 bits per heavy atom. The molecular formula is C25H26O3. The fraction of sp³-hybridized carbons (Fsp3) is 0.240. The fourth-order valence-electron chi connectivity index (χ4n) is 2.89. The van der Waals surface area contributed by atoms with Gasteiger partial charge in [-0.1, -0.05) is 73.2 Å². The van der Waals surface area contributed by atoms with E-state index in [4.69, 9.17) is 9.47 Å². The van der Waals surface area contributed by atoms with Crippen molar-refractivity contribution in [2.24, 2.45) is 0 Å². The maximum atomic E-state index is 11.4.